The molecular formula is C12H7F13N2. The zero-order valence-corrected chi connectivity index (χ0v) is 12.3. The maximum Gasteiger partial charge on any atom is 0.460 e. The van der Waals surface area contributed by atoms with Crippen LogP contribution in [0.25, 0.3) is 0 Å². The van der Waals surface area contributed by atoms with Crippen LogP contribution in [0, 0.1) is 0 Å². The van der Waals surface area contributed by atoms with E-state index in [-0.39, 0.29) is 5.69 Å². The maximum absolute atomic E-state index is 13.5. The van der Waals surface area contributed by atoms with Gasteiger partial charge in [0.1, 0.15) is 0 Å². The second-order valence-corrected chi connectivity index (χ2v) is 5.12. The van der Waals surface area contributed by atoms with Gasteiger partial charge >= 0.3 is 35.9 Å². The fraction of sp³-hybridized carbons (Fsp3) is 0.500. The molecule has 0 aliphatic rings. The van der Waals surface area contributed by atoms with Crippen molar-refractivity contribution in [2.24, 2.45) is 0 Å². The summed E-state index contributed by atoms with van der Waals surface area (Å²) in [5, 5.41) is 0.376. The fourth-order valence-corrected chi connectivity index (χ4v) is 1.60. The van der Waals surface area contributed by atoms with Crippen LogP contribution in [-0.4, -0.2) is 35.9 Å². The van der Waals surface area contributed by atoms with Gasteiger partial charge < -0.3 is 11.1 Å². The minimum absolute atomic E-state index is 0.127. The molecule has 2 nitrogen and oxygen atoms in total. The average molecular weight is 426 g/mol. The van der Waals surface area contributed by atoms with E-state index < -0.39 is 41.6 Å². The van der Waals surface area contributed by atoms with E-state index in [2.05, 4.69) is 0 Å². The van der Waals surface area contributed by atoms with Gasteiger partial charge in [-0.2, -0.15) is 57.1 Å². The van der Waals surface area contributed by atoms with Gasteiger partial charge in [-0.1, -0.05) is 0 Å². The second kappa shape index (κ2) is 6.22. The zero-order chi connectivity index (χ0) is 21.7. The Morgan fingerprint density at radius 2 is 0.926 bits per heavy atom. The molecule has 156 valence electrons. The van der Waals surface area contributed by atoms with Crippen LogP contribution in [0.3, 0.4) is 0 Å². The largest absolute Gasteiger partial charge is 0.460 e. The quantitative estimate of drug-likeness (QED) is 0.365. The number of hydrogen-bond acceptors (Lipinski definition) is 2. The number of nitrogens with two attached hydrogens (primary N) is 1. The Morgan fingerprint density at radius 1 is 0.556 bits per heavy atom. The molecule has 0 unspecified atom stereocenters. The molecule has 1 aromatic carbocycles. The van der Waals surface area contributed by atoms with Crippen LogP contribution in [0.1, 0.15) is 0 Å². The Kier molecular flexibility index (Phi) is 5.29. The van der Waals surface area contributed by atoms with E-state index in [0.717, 1.165) is 12.1 Å². The van der Waals surface area contributed by atoms with Crippen molar-refractivity contribution in [3.8, 4) is 0 Å². The normalized spacial score (nSPS) is 15.0. The van der Waals surface area contributed by atoms with Crippen molar-refractivity contribution in [1.82, 2.24) is 0 Å². The molecule has 27 heavy (non-hydrogen) atoms. The number of hydrogen-bond donors (Lipinski definition) is 2. The second-order valence-electron chi connectivity index (χ2n) is 5.12. The van der Waals surface area contributed by atoms with Crippen LogP contribution in [-0.2, 0) is 0 Å². The Hall–Kier alpha value is -2.09. The Balaban J connectivity index is 3.38. The lowest BCUT2D eigenvalue weighted by Crippen LogP contribution is -2.71. The van der Waals surface area contributed by atoms with E-state index in [1.165, 1.54) is 0 Å². The first-order valence-electron chi connectivity index (χ1n) is 6.32. The smallest absolute Gasteiger partial charge is 0.399 e. The summed E-state index contributed by atoms with van der Waals surface area (Å²) < 4.78 is 167. The molecular weight excluding hydrogens is 419 g/mol. The van der Waals surface area contributed by atoms with E-state index >= 15 is 0 Å². The van der Waals surface area contributed by atoms with Gasteiger partial charge in [-0.05, 0) is 24.3 Å². The lowest BCUT2D eigenvalue weighted by molar-refractivity contribution is -0.437. The van der Waals surface area contributed by atoms with Crippen molar-refractivity contribution in [3.05, 3.63) is 24.3 Å². The highest BCUT2D eigenvalue weighted by Gasteiger charge is 2.91. The number of nitrogens with one attached hydrogen (secondary N) is 1. The van der Waals surface area contributed by atoms with Crippen LogP contribution >= 0.6 is 0 Å². The highest BCUT2D eigenvalue weighted by molar-refractivity contribution is 5.52. The Bertz CT molecular complexity index is 663. The van der Waals surface area contributed by atoms with Crippen LogP contribution in [0.5, 0.6) is 0 Å². The Morgan fingerprint density at radius 3 is 1.30 bits per heavy atom. The van der Waals surface area contributed by atoms with Crippen LogP contribution < -0.4 is 11.1 Å². The molecule has 0 heterocycles. The third kappa shape index (κ3) is 3.42. The van der Waals surface area contributed by atoms with Gasteiger partial charge in [-0.3, -0.25) is 0 Å². The first-order chi connectivity index (χ1) is 11.7. The summed E-state index contributed by atoms with van der Waals surface area (Å²) in [7, 11) is 0. The monoisotopic (exact) mass is 426 g/mol. The van der Waals surface area contributed by atoms with E-state index in [9.17, 15) is 57.1 Å². The number of anilines is 2. The third-order valence-corrected chi connectivity index (χ3v) is 3.15. The molecule has 0 fully saturated rings. The van der Waals surface area contributed by atoms with Crippen molar-refractivity contribution in [3.63, 3.8) is 0 Å². The Labute approximate surface area is 141 Å². The van der Waals surface area contributed by atoms with Gasteiger partial charge in [0.05, 0.1) is 0 Å². The summed E-state index contributed by atoms with van der Waals surface area (Å²) in [6.45, 7) is 0. The first-order valence-corrected chi connectivity index (χ1v) is 6.32. The molecule has 0 aliphatic heterocycles. The molecule has 0 radical (unpaired) electrons. The third-order valence-electron chi connectivity index (χ3n) is 3.15. The summed E-state index contributed by atoms with van der Waals surface area (Å²) in [4.78, 5) is 0. The van der Waals surface area contributed by atoms with Crippen molar-refractivity contribution >= 4 is 11.4 Å². The number of nitrogen functional groups attached to an aromatic ring is 1. The van der Waals surface area contributed by atoms with E-state index in [4.69, 9.17) is 5.73 Å². The van der Waals surface area contributed by atoms with E-state index in [0.29, 0.717) is 17.4 Å². The summed E-state index contributed by atoms with van der Waals surface area (Å²) in [5.41, 5.74) is 3.89. The number of rotatable bonds is 6. The van der Waals surface area contributed by atoms with Gasteiger partial charge in [-0.25, -0.2) is 0 Å². The predicted molar refractivity (Wildman–Crippen MR) is 65.3 cm³/mol. The molecule has 0 bridgehead atoms. The van der Waals surface area contributed by atoms with Crippen LogP contribution in [0.4, 0.5) is 68.5 Å². The molecule has 1 rings (SSSR count). The van der Waals surface area contributed by atoms with Crippen molar-refractivity contribution in [2.45, 2.75) is 35.9 Å². The maximum atomic E-state index is 13.5. The molecule has 0 aromatic heterocycles. The molecule has 0 saturated carbocycles. The zero-order valence-electron chi connectivity index (χ0n) is 12.3. The van der Waals surface area contributed by atoms with E-state index in [1.807, 2.05) is 0 Å². The van der Waals surface area contributed by atoms with Gasteiger partial charge in [-0.15, -0.1) is 0 Å². The lowest BCUT2D eigenvalue weighted by Gasteiger charge is -2.39. The van der Waals surface area contributed by atoms with Crippen molar-refractivity contribution in [1.29, 1.82) is 0 Å². The minimum atomic E-state index is -7.92. The number of alkyl halides is 13. The molecule has 1 aromatic rings. The van der Waals surface area contributed by atoms with Crippen LogP contribution in [0.2, 0.25) is 0 Å². The minimum Gasteiger partial charge on any atom is -0.399 e. The predicted octanol–water partition coefficient (Wildman–Crippen LogP) is 5.38. The lowest BCUT2D eigenvalue weighted by atomic mass is 9.96. The topological polar surface area (TPSA) is 38.0 Å². The van der Waals surface area contributed by atoms with Gasteiger partial charge in [0, 0.05) is 11.4 Å². The summed E-state index contributed by atoms with van der Waals surface area (Å²) in [6.07, 6.45) is -7.43. The molecule has 0 atom stereocenters. The summed E-state index contributed by atoms with van der Waals surface area (Å²) in [6, 6.07) is -3.82. The van der Waals surface area contributed by atoms with Crippen molar-refractivity contribution in [2.75, 3.05) is 11.1 Å². The molecule has 0 saturated heterocycles. The number of halogens is 13. The first kappa shape index (κ1) is 23.0. The average Bonchev–Trinajstić information content (AvgIpc) is 2.47. The highest BCUT2D eigenvalue weighted by atomic mass is 19.4. The van der Waals surface area contributed by atoms with Gasteiger partial charge in [0.2, 0.25) is 0 Å². The summed E-state index contributed by atoms with van der Waals surface area (Å²) in [5.74, 6) is -30.9. The molecule has 0 aliphatic carbocycles. The highest BCUT2D eigenvalue weighted by Crippen LogP contribution is 2.60. The molecule has 3 N–H and O–H groups in total. The molecule has 0 spiro atoms. The fourth-order valence-electron chi connectivity index (χ4n) is 1.60. The van der Waals surface area contributed by atoms with Crippen LogP contribution in [0.15, 0.2) is 24.3 Å². The summed E-state index contributed by atoms with van der Waals surface area (Å²) >= 11 is 0. The number of benzene rings is 1. The SMILES string of the molecule is Nc1ccc(NC(F)(F)C(F)(F)C(F)(F)C(F)(F)C(F)(F)C(F)(F)F)cc1. The van der Waals surface area contributed by atoms with Crippen molar-refractivity contribution < 1.29 is 57.1 Å². The standard InChI is InChI=1S/C12H7F13N2/c13-7(14,9(17,18)11(21,22)23)8(15,16)10(19,20)12(24,25)27-6-3-1-5(26)2-4-6/h1-4,27H,26H2. The molecule has 0 amide bonds. The van der Waals surface area contributed by atoms with E-state index in [1.54, 1.807) is 0 Å². The van der Waals surface area contributed by atoms with Gasteiger partial charge in [0.15, 0.2) is 0 Å². The molecule has 15 heteroatoms. The van der Waals surface area contributed by atoms with Gasteiger partial charge in [0.25, 0.3) is 0 Å².